The first kappa shape index (κ1) is 22.8. The van der Waals surface area contributed by atoms with Crippen molar-refractivity contribution in [1.82, 2.24) is 15.0 Å². The second-order valence-electron chi connectivity index (χ2n) is 10.9. The Bertz CT molecular complexity index is 2220. The summed E-state index contributed by atoms with van der Waals surface area (Å²) in [5.41, 5.74) is 5.25. The molecule has 0 unspecified atom stereocenters. The van der Waals surface area contributed by atoms with E-state index in [1.807, 2.05) is 61.7 Å². The van der Waals surface area contributed by atoms with Crippen LogP contribution in [-0.4, -0.2) is 15.0 Å². The quantitative estimate of drug-likeness (QED) is 0.165. The number of hydrogen-bond acceptors (Lipinski definition) is 5. The van der Waals surface area contributed by atoms with E-state index < -0.39 is 13.7 Å². The normalized spacial score (nSPS) is 14.1. The van der Waals surface area contributed by atoms with Crippen LogP contribution in [0.2, 0.25) is 0 Å². The van der Waals surface area contributed by atoms with Gasteiger partial charge in [0.25, 0.3) is 0 Å². The maximum absolute atomic E-state index is 7.86. The first-order valence-corrected chi connectivity index (χ1v) is 14.0. The van der Waals surface area contributed by atoms with Crippen LogP contribution in [0.4, 0.5) is 0 Å². The second-order valence-corrected chi connectivity index (χ2v) is 11.9. The summed E-state index contributed by atoms with van der Waals surface area (Å²) in [6.07, 6.45) is 2.99. The third kappa shape index (κ3) is 5.80. The molecule has 1 radical (unpaired) electrons. The fourth-order valence-corrected chi connectivity index (χ4v) is 5.50. The van der Waals surface area contributed by atoms with Crippen LogP contribution in [0.15, 0.2) is 83.5 Å². The van der Waals surface area contributed by atoms with E-state index in [2.05, 4.69) is 48.9 Å². The maximum Gasteiger partial charge on any atom is 0.148 e. The number of hydrogen-bond donors (Lipinski definition) is 0. The van der Waals surface area contributed by atoms with Crippen LogP contribution >= 0.6 is 11.3 Å². The summed E-state index contributed by atoms with van der Waals surface area (Å²) in [6, 6.07) is 27.1. The van der Waals surface area contributed by atoms with Crippen molar-refractivity contribution < 1.29 is 32.7 Å². The van der Waals surface area contributed by atoms with Gasteiger partial charge in [-0.15, -0.1) is 65.4 Å². The number of benzene rings is 3. The molecule has 213 valence electrons. The first-order chi connectivity index (χ1) is 22.1. The van der Waals surface area contributed by atoms with Crippen molar-refractivity contribution in [1.29, 1.82) is 0 Å². The Morgan fingerprint density at radius 3 is 2.36 bits per heavy atom. The van der Waals surface area contributed by atoms with Crippen molar-refractivity contribution in [2.45, 2.75) is 46.8 Å². The van der Waals surface area contributed by atoms with Gasteiger partial charge in [0.1, 0.15) is 11.1 Å². The minimum Gasteiger partial charge on any atom is -0.498 e. The average molecular weight is 752 g/mol. The number of thiazole rings is 1. The largest absolute Gasteiger partial charge is 0.498 e. The van der Waals surface area contributed by atoms with Gasteiger partial charge in [0.05, 0.1) is 15.3 Å². The molecule has 3 aromatic carbocycles. The number of rotatable bonds is 2. The monoisotopic (exact) mass is 752 g/mol. The Kier molecular flexibility index (Phi) is 6.46. The summed E-state index contributed by atoms with van der Waals surface area (Å²) in [6.45, 7) is 3.18. The van der Waals surface area contributed by atoms with Crippen LogP contribution < -0.4 is 0 Å². The molecule has 4 heterocycles. The van der Waals surface area contributed by atoms with Crippen molar-refractivity contribution >= 4 is 43.5 Å². The van der Waals surface area contributed by atoms with E-state index in [1.54, 1.807) is 17.4 Å². The van der Waals surface area contributed by atoms with Gasteiger partial charge >= 0.3 is 0 Å². The molecule has 0 saturated heterocycles. The summed E-state index contributed by atoms with van der Waals surface area (Å²) in [4.78, 5) is 13.5. The van der Waals surface area contributed by atoms with Gasteiger partial charge < -0.3 is 14.4 Å². The molecule has 0 amide bonds. The summed E-state index contributed by atoms with van der Waals surface area (Å²) in [5.74, 6) is 0. The number of aromatic nitrogens is 3. The Hall–Kier alpha value is -3.70. The van der Waals surface area contributed by atoms with E-state index in [0.29, 0.717) is 16.7 Å². The third-order valence-electron chi connectivity index (χ3n) is 6.66. The van der Waals surface area contributed by atoms with Gasteiger partial charge in [-0.1, -0.05) is 61.5 Å². The molecule has 42 heavy (non-hydrogen) atoms. The van der Waals surface area contributed by atoms with Crippen molar-refractivity contribution in [3.05, 3.63) is 113 Å². The van der Waals surface area contributed by atoms with Crippen LogP contribution in [0, 0.1) is 32.8 Å². The zero-order chi connectivity index (χ0) is 33.7. The maximum atomic E-state index is 7.86. The zero-order valence-electron chi connectivity index (χ0n) is 29.5. The first-order valence-electron chi connectivity index (χ1n) is 16.2. The van der Waals surface area contributed by atoms with Crippen molar-refractivity contribution in [2.24, 2.45) is 0 Å². The van der Waals surface area contributed by atoms with Crippen LogP contribution in [0.1, 0.15) is 50.7 Å². The van der Waals surface area contributed by atoms with Crippen molar-refractivity contribution in [3.8, 4) is 22.5 Å². The summed E-state index contributed by atoms with van der Waals surface area (Å²) < 4.78 is 54.0. The predicted molar refractivity (Wildman–Crippen MR) is 170 cm³/mol. The van der Waals surface area contributed by atoms with Gasteiger partial charge in [0.2, 0.25) is 0 Å². The van der Waals surface area contributed by atoms with Crippen molar-refractivity contribution in [2.75, 3.05) is 0 Å². The molecule has 0 saturated carbocycles. The second kappa shape index (κ2) is 11.9. The number of nitrogens with zero attached hydrogens (tertiary/aromatic N) is 3. The minimum atomic E-state index is -2.61. The molecular weight excluding hydrogens is 715 g/mol. The number of aryl methyl sites for hydroxylation is 3. The van der Waals surface area contributed by atoms with Gasteiger partial charge in [-0.25, -0.2) is 4.98 Å². The predicted octanol–water partition coefficient (Wildman–Crippen LogP) is 9.83. The fraction of sp³-hybridized carbons (Fsp3) is 0.194. The Balaban J connectivity index is 0.000000270. The molecule has 4 nitrogen and oxygen atoms in total. The molecule has 0 aliphatic rings. The molecule has 7 aromatic rings. The van der Waals surface area contributed by atoms with Gasteiger partial charge in [0.15, 0.2) is 0 Å². The molecule has 0 aliphatic heterocycles. The summed E-state index contributed by atoms with van der Waals surface area (Å²) in [7, 11) is 0. The van der Waals surface area contributed by atoms with Gasteiger partial charge in [0, 0.05) is 51.5 Å². The molecule has 0 aliphatic carbocycles. The van der Waals surface area contributed by atoms with Gasteiger partial charge in [-0.3, -0.25) is 0 Å². The zero-order valence-corrected chi connectivity index (χ0v) is 26.7. The average Bonchev–Trinajstić information content (AvgIpc) is 3.63. The van der Waals surface area contributed by atoms with E-state index in [4.69, 9.17) is 17.6 Å². The van der Waals surface area contributed by atoms with Crippen LogP contribution in [0.5, 0.6) is 0 Å². The molecule has 0 N–H and O–H groups in total. The van der Waals surface area contributed by atoms with E-state index in [-0.39, 0.29) is 42.3 Å². The third-order valence-corrected chi connectivity index (χ3v) is 8.10. The number of pyridine rings is 2. The molecule has 4 aromatic heterocycles. The smallest absolute Gasteiger partial charge is 0.148 e. The topological polar surface area (TPSA) is 51.8 Å². The van der Waals surface area contributed by atoms with Crippen molar-refractivity contribution in [3.63, 3.8) is 0 Å². The van der Waals surface area contributed by atoms with E-state index >= 15 is 0 Å². The Morgan fingerprint density at radius 2 is 1.64 bits per heavy atom. The van der Waals surface area contributed by atoms with Crippen LogP contribution in [0.3, 0.4) is 0 Å². The van der Waals surface area contributed by atoms with E-state index in [0.717, 1.165) is 43.5 Å². The molecule has 0 fully saturated rings. The fourth-order valence-electron chi connectivity index (χ4n) is 4.47. The van der Waals surface area contributed by atoms with Gasteiger partial charge in [-0.05, 0) is 49.2 Å². The Morgan fingerprint density at radius 1 is 0.833 bits per heavy atom. The molecule has 0 bridgehead atoms. The molecule has 0 atom stereocenters. The summed E-state index contributed by atoms with van der Waals surface area (Å²) in [5, 5.41) is 2.72. The van der Waals surface area contributed by atoms with Crippen LogP contribution in [-0.2, 0) is 25.5 Å². The summed E-state index contributed by atoms with van der Waals surface area (Å²) >= 11 is 1.63. The standard InChI is InChI=1S/C24H21N2OS.C12H10N.Ir/c1-13-11-18(25-12-14(13)2)17-8-6-7-15-16-9-10-19-20(22(16)27-21(15)17)26-23(28-19)24(3,4)5;1-10-7-8-12(13-9-10)11-5-3-2-4-6-11;/h6-7,9-12H,1-5H3;2-5,7-9H,1H3;/q2*-1;/i1D3,2D3;;. The van der Waals surface area contributed by atoms with Crippen LogP contribution in [0.25, 0.3) is 54.7 Å². The van der Waals surface area contributed by atoms with Gasteiger partial charge in [-0.2, -0.15) is 0 Å². The van der Waals surface area contributed by atoms with E-state index in [9.17, 15) is 0 Å². The molecular formula is C36H31IrN3OS-2. The van der Waals surface area contributed by atoms with E-state index in [1.165, 1.54) is 11.6 Å². The SMILES string of the molecule is Cc1ccc(-c2[c-]cccc2)nc1.[2H]C([2H])([2H])c1cnc(-c2[c-]ccc3c2oc2c3ccc3sc(C(C)(C)C)nc32)cc1C([2H])([2H])[2H].[Ir]. The number of fused-ring (bicyclic) bond motifs is 5. The molecule has 0 spiro atoms. The number of furan rings is 1. The minimum absolute atomic E-state index is 0. The molecule has 6 heteroatoms. The molecule has 7 rings (SSSR count). The Labute approximate surface area is 272 Å².